The molecule has 6 nitrogen and oxygen atoms in total. The highest BCUT2D eigenvalue weighted by atomic mass is 32.1. The zero-order valence-corrected chi connectivity index (χ0v) is 14.4. The summed E-state index contributed by atoms with van der Waals surface area (Å²) in [7, 11) is 3.99. The molecule has 23 heavy (non-hydrogen) atoms. The first kappa shape index (κ1) is 19.1. The van der Waals surface area contributed by atoms with Gasteiger partial charge in [-0.2, -0.15) is 0 Å². The SMILES string of the molecule is C[C@@H](Oc1ccccc1F)C(=O)NNC(=S)NCCCN(C)C. The lowest BCUT2D eigenvalue weighted by Gasteiger charge is -2.17. The van der Waals surface area contributed by atoms with E-state index >= 15 is 0 Å². The van der Waals surface area contributed by atoms with Gasteiger partial charge in [0, 0.05) is 6.54 Å². The second kappa shape index (κ2) is 9.96. The molecule has 1 aromatic rings. The van der Waals surface area contributed by atoms with Gasteiger partial charge in [0.25, 0.3) is 5.91 Å². The minimum atomic E-state index is -0.865. The number of amides is 1. The number of ether oxygens (including phenoxy) is 1. The van der Waals surface area contributed by atoms with E-state index in [1.54, 1.807) is 12.1 Å². The smallest absolute Gasteiger partial charge is 0.279 e. The lowest BCUT2D eigenvalue weighted by molar-refractivity contribution is -0.127. The van der Waals surface area contributed by atoms with Gasteiger partial charge in [-0.15, -0.1) is 0 Å². The van der Waals surface area contributed by atoms with Gasteiger partial charge in [-0.1, -0.05) is 12.1 Å². The van der Waals surface area contributed by atoms with Gasteiger partial charge in [-0.25, -0.2) is 4.39 Å². The maximum atomic E-state index is 13.5. The van der Waals surface area contributed by atoms with Crippen LogP contribution in [0.3, 0.4) is 0 Å². The molecule has 0 bridgehead atoms. The summed E-state index contributed by atoms with van der Waals surface area (Å²) < 4.78 is 18.7. The summed E-state index contributed by atoms with van der Waals surface area (Å²) in [5.74, 6) is -0.941. The maximum absolute atomic E-state index is 13.5. The molecule has 1 atom stereocenters. The standard InChI is InChI=1S/C15H23FN4O2S/c1-11(22-13-8-5-4-7-12(13)16)14(21)18-19-15(23)17-9-6-10-20(2)3/h4-5,7-8,11H,6,9-10H2,1-3H3,(H,18,21)(H2,17,19,23)/t11-/m1/s1. The fourth-order valence-electron chi connectivity index (χ4n) is 1.65. The number of nitrogens with one attached hydrogen (secondary N) is 3. The summed E-state index contributed by atoms with van der Waals surface area (Å²) in [4.78, 5) is 13.9. The normalized spacial score (nSPS) is 11.7. The van der Waals surface area contributed by atoms with Crippen LogP contribution in [0.25, 0.3) is 0 Å². The summed E-state index contributed by atoms with van der Waals surface area (Å²) in [6.45, 7) is 3.16. The van der Waals surface area contributed by atoms with Gasteiger partial charge in [0.1, 0.15) is 0 Å². The number of hydrazine groups is 1. The second-order valence-electron chi connectivity index (χ2n) is 5.22. The number of thiocarbonyl (C=S) groups is 1. The molecule has 1 rings (SSSR count). The van der Waals surface area contributed by atoms with Crippen LogP contribution in [-0.2, 0) is 4.79 Å². The molecule has 1 aromatic carbocycles. The van der Waals surface area contributed by atoms with Crippen molar-refractivity contribution >= 4 is 23.2 Å². The minimum absolute atomic E-state index is 0.0273. The lowest BCUT2D eigenvalue weighted by Crippen LogP contribution is -2.50. The van der Waals surface area contributed by atoms with E-state index in [2.05, 4.69) is 21.1 Å². The molecular formula is C15H23FN4O2S. The molecular weight excluding hydrogens is 319 g/mol. The van der Waals surface area contributed by atoms with Gasteiger partial charge < -0.3 is 15.0 Å². The lowest BCUT2D eigenvalue weighted by atomic mass is 10.3. The number of carbonyl (C=O) groups is 1. The molecule has 0 spiro atoms. The Bertz CT molecular complexity index is 528. The monoisotopic (exact) mass is 342 g/mol. The van der Waals surface area contributed by atoms with E-state index in [1.807, 2.05) is 14.1 Å². The van der Waals surface area contributed by atoms with Gasteiger partial charge in [0.2, 0.25) is 0 Å². The maximum Gasteiger partial charge on any atom is 0.279 e. The van der Waals surface area contributed by atoms with E-state index in [1.165, 1.54) is 19.1 Å². The number of nitrogens with zero attached hydrogens (tertiary/aromatic N) is 1. The van der Waals surface area contributed by atoms with E-state index < -0.39 is 17.8 Å². The van der Waals surface area contributed by atoms with Crippen LogP contribution in [-0.4, -0.2) is 49.2 Å². The summed E-state index contributed by atoms with van der Waals surface area (Å²) in [6, 6.07) is 5.91. The molecule has 0 aliphatic carbocycles. The molecule has 0 aliphatic rings. The molecule has 0 aliphatic heterocycles. The molecule has 8 heteroatoms. The van der Waals surface area contributed by atoms with Crippen LogP contribution in [0, 0.1) is 5.82 Å². The third-order valence-corrected chi connectivity index (χ3v) is 3.12. The van der Waals surface area contributed by atoms with Gasteiger partial charge >= 0.3 is 0 Å². The van der Waals surface area contributed by atoms with Gasteiger partial charge in [0.05, 0.1) is 0 Å². The van der Waals surface area contributed by atoms with Gasteiger partial charge in [-0.3, -0.25) is 15.6 Å². The van der Waals surface area contributed by atoms with Crippen LogP contribution in [0.15, 0.2) is 24.3 Å². The topological polar surface area (TPSA) is 65.6 Å². The van der Waals surface area contributed by atoms with Crippen molar-refractivity contribution in [2.24, 2.45) is 0 Å². The van der Waals surface area contributed by atoms with E-state index in [0.717, 1.165) is 13.0 Å². The van der Waals surface area contributed by atoms with Crippen molar-refractivity contribution in [3.05, 3.63) is 30.1 Å². The zero-order chi connectivity index (χ0) is 17.2. The first-order chi connectivity index (χ1) is 10.9. The Labute approximate surface area is 141 Å². The van der Waals surface area contributed by atoms with E-state index in [4.69, 9.17) is 17.0 Å². The molecule has 3 N–H and O–H groups in total. The Balaban J connectivity index is 2.27. The van der Waals surface area contributed by atoms with E-state index in [0.29, 0.717) is 11.7 Å². The summed E-state index contributed by atoms with van der Waals surface area (Å²) >= 11 is 5.04. The van der Waals surface area contributed by atoms with Gasteiger partial charge in [-0.05, 0) is 58.3 Å². The second-order valence-corrected chi connectivity index (χ2v) is 5.63. The van der Waals surface area contributed by atoms with Crippen LogP contribution in [0.1, 0.15) is 13.3 Å². The number of benzene rings is 1. The Morgan fingerprint density at radius 3 is 2.70 bits per heavy atom. The number of carbonyl (C=O) groups excluding carboxylic acids is 1. The molecule has 0 radical (unpaired) electrons. The first-order valence-electron chi connectivity index (χ1n) is 7.29. The third-order valence-electron chi connectivity index (χ3n) is 2.88. The number of halogens is 1. The number of hydrogen-bond donors (Lipinski definition) is 3. The predicted molar refractivity (Wildman–Crippen MR) is 91.5 cm³/mol. The van der Waals surface area contributed by atoms with E-state index in [-0.39, 0.29) is 5.75 Å². The molecule has 0 saturated heterocycles. The Morgan fingerprint density at radius 1 is 1.35 bits per heavy atom. The summed E-state index contributed by atoms with van der Waals surface area (Å²) in [5.41, 5.74) is 5.01. The average molecular weight is 342 g/mol. The van der Waals surface area contributed by atoms with Crippen molar-refractivity contribution in [3.8, 4) is 5.75 Å². The average Bonchev–Trinajstić information content (AvgIpc) is 2.51. The fourth-order valence-corrected chi connectivity index (χ4v) is 1.80. The van der Waals surface area contributed by atoms with Crippen molar-refractivity contribution in [1.29, 1.82) is 0 Å². The quantitative estimate of drug-likeness (QED) is 0.391. The highest BCUT2D eigenvalue weighted by molar-refractivity contribution is 7.80. The van der Waals surface area contributed by atoms with Crippen molar-refractivity contribution in [2.75, 3.05) is 27.2 Å². The van der Waals surface area contributed by atoms with E-state index in [9.17, 15) is 9.18 Å². The van der Waals surface area contributed by atoms with Crippen molar-refractivity contribution < 1.29 is 13.9 Å². The van der Waals surface area contributed by atoms with Crippen LogP contribution in [0.2, 0.25) is 0 Å². The zero-order valence-electron chi connectivity index (χ0n) is 13.6. The van der Waals surface area contributed by atoms with Crippen molar-refractivity contribution in [2.45, 2.75) is 19.4 Å². The highest BCUT2D eigenvalue weighted by Crippen LogP contribution is 2.16. The molecule has 0 aromatic heterocycles. The highest BCUT2D eigenvalue weighted by Gasteiger charge is 2.16. The molecule has 1 amide bonds. The number of hydrogen-bond acceptors (Lipinski definition) is 4. The molecule has 0 saturated carbocycles. The Hall–Kier alpha value is -1.93. The van der Waals surface area contributed by atoms with Gasteiger partial charge in [0.15, 0.2) is 22.8 Å². The molecule has 128 valence electrons. The summed E-state index contributed by atoms with van der Waals surface area (Å²) in [5, 5.41) is 3.28. The van der Waals surface area contributed by atoms with Crippen LogP contribution in [0.4, 0.5) is 4.39 Å². The third kappa shape index (κ3) is 7.75. The first-order valence-corrected chi connectivity index (χ1v) is 7.70. The Kier molecular flexibility index (Phi) is 8.28. The molecule has 0 unspecified atom stereocenters. The minimum Gasteiger partial charge on any atom is -0.478 e. The molecule has 0 heterocycles. The number of para-hydroxylation sites is 1. The fraction of sp³-hybridized carbons (Fsp3) is 0.467. The summed E-state index contributed by atoms with van der Waals surface area (Å²) in [6.07, 6.45) is 0.0613. The van der Waals surface area contributed by atoms with Crippen LogP contribution >= 0.6 is 12.2 Å². The predicted octanol–water partition coefficient (Wildman–Crippen LogP) is 1.04. The Morgan fingerprint density at radius 2 is 2.04 bits per heavy atom. The molecule has 0 fully saturated rings. The largest absolute Gasteiger partial charge is 0.478 e. The van der Waals surface area contributed by atoms with Crippen molar-refractivity contribution in [1.82, 2.24) is 21.1 Å². The van der Waals surface area contributed by atoms with Crippen molar-refractivity contribution in [3.63, 3.8) is 0 Å². The number of rotatable bonds is 7. The van der Waals surface area contributed by atoms with Crippen LogP contribution < -0.4 is 20.9 Å². The van der Waals surface area contributed by atoms with Crippen LogP contribution in [0.5, 0.6) is 5.75 Å².